The summed E-state index contributed by atoms with van der Waals surface area (Å²) < 4.78 is 11.1. The van der Waals surface area contributed by atoms with E-state index < -0.39 is 0 Å². The van der Waals surface area contributed by atoms with Gasteiger partial charge < -0.3 is 24.7 Å². The number of urea groups is 1. The van der Waals surface area contributed by atoms with Gasteiger partial charge in [0.2, 0.25) is 0 Å². The number of fused-ring (bicyclic) bond motifs is 1. The predicted octanol–water partition coefficient (Wildman–Crippen LogP) is 3.83. The van der Waals surface area contributed by atoms with Crippen molar-refractivity contribution >= 4 is 22.7 Å². The van der Waals surface area contributed by atoms with Crippen molar-refractivity contribution in [3.05, 3.63) is 65.9 Å². The summed E-state index contributed by atoms with van der Waals surface area (Å²) in [5, 5.41) is 6.87. The molecule has 1 saturated heterocycles. The van der Waals surface area contributed by atoms with Gasteiger partial charge in [0.15, 0.2) is 0 Å². The van der Waals surface area contributed by atoms with Gasteiger partial charge in [-0.1, -0.05) is 30.3 Å². The van der Waals surface area contributed by atoms with E-state index in [1.807, 2.05) is 37.3 Å². The van der Waals surface area contributed by atoms with E-state index >= 15 is 0 Å². The Morgan fingerprint density at radius 1 is 1.11 bits per heavy atom. The number of benzene rings is 2. The van der Waals surface area contributed by atoms with Crippen molar-refractivity contribution in [1.29, 1.82) is 0 Å². The third-order valence-electron chi connectivity index (χ3n) is 5.02. The number of ether oxygens (including phenoxy) is 1. The summed E-state index contributed by atoms with van der Waals surface area (Å²) in [7, 11) is 0. The second kappa shape index (κ2) is 8.35. The average molecular weight is 379 g/mol. The van der Waals surface area contributed by atoms with E-state index in [1.54, 1.807) is 0 Å². The van der Waals surface area contributed by atoms with Crippen LogP contribution in [0.15, 0.2) is 59.0 Å². The Balaban J connectivity index is 1.29. The van der Waals surface area contributed by atoms with E-state index in [0.717, 1.165) is 48.6 Å². The second-order valence-electron chi connectivity index (χ2n) is 6.99. The standard InChI is InChI=1S/C22H25N3O3/c1-16(17-6-8-19(9-7-17)25-10-12-27-13-11-25)24-22(26)23-15-20-14-18-4-2-3-5-21(18)28-20/h2-9,14,16H,10-13,15H2,1H3,(H2,23,24,26). The van der Waals surface area contributed by atoms with E-state index in [4.69, 9.17) is 9.15 Å². The van der Waals surface area contributed by atoms with Gasteiger partial charge >= 0.3 is 6.03 Å². The zero-order valence-corrected chi connectivity index (χ0v) is 16.0. The number of nitrogens with one attached hydrogen (secondary N) is 2. The molecule has 6 nitrogen and oxygen atoms in total. The lowest BCUT2D eigenvalue weighted by Gasteiger charge is -2.29. The number of anilines is 1. The van der Waals surface area contributed by atoms with Crippen LogP contribution in [0.2, 0.25) is 0 Å². The summed E-state index contributed by atoms with van der Waals surface area (Å²) >= 11 is 0. The Hall–Kier alpha value is -2.99. The van der Waals surface area contributed by atoms with Crippen LogP contribution in [-0.4, -0.2) is 32.3 Å². The average Bonchev–Trinajstić information content (AvgIpc) is 3.16. The molecule has 0 spiro atoms. The largest absolute Gasteiger partial charge is 0.459 e. The van der Waals surface area contributed by atoms with Gasteiger partial charge in [-0.2, -0.15) is 0 Å². The molecule has 146 valence electrons. The van der Waals surface area contributed by atoms with Crippen LogP contribution in [0.1, 0.15) is 24.3 Å². The lowest BCUT2D eigenvalue weighted by molar-refractivity contribution is 0.122. The molecule has 6 heteroatoms. The highest BCUT2D eigenvalue weighted by Crippen LogP contribution is 2.21. The van der Waals surface area contributed by atoms with Gasteiger partial charge in [0.25, 0.3) is 0 Å². The van der Waals surface area contributed by atoms with E-state index in [-0.39, 0.29) is 12.1 Å². The molecule has 1 aromatic heterocycles. The molecular formula is C22H25N3O3. The summed E-state index contributed by atoms with van der Waals surface area (Å²) in [5.41, 5.74) is 3.08. The zero-order chi connectivity index (χ0) is 19.3. The number of hydrogen-bond acceptors (Lipinski definition) is 4. The molecule has 28 heavy (non-hydrogen) atoms. The molecule has 2 heterocycles. The molecular weight excluding hydrogens is 354 g/mol. The van der Waals surface area contributed by atoms with Crippen LogP contribution in [-0.2, 0) is 11.3 Å². The first-order valence-electron chi connectivity index (χ1n) is 9.63. The van der Waals surface area contributed by atoms with Gasteiger partial charge in [-0.15, -0.1) is 0 Å². The molecule has 1 aliphatic rings. The molecule has 2 aromatic carbocycles. The van der Waals surface area contributed by atoms with E-state index in [0.29, 0.717) is 6.54 Å². The van der Waals surface area contributed by atoms with E-state index in [1.165, 1.54) is 5.69 Å². The predicted molar refractivity (Wildman–Crippen MR) is 109 cm³/mol. The molecule has 4 rings (SSSR count). The number of carbonyl (C=O) groups excluding carboxylic acids is 1. The van der Waals surface area contributed by atoms with Gasteiger partial charge in [-0.05, 0) is 36.8 Å². The topological polar surface area (TPSA) is 66.7 Å². The van der Waals surface area contributed by atoms with Crippen molar-refractivity contribution in [2.45, 2.75) is 19.5 Å². The highest BCUT2D eigenvalue weighted by molar-refractivity contribution is 5.78. The Labute approximate surface area is 164 Å². The number of amides is 2. The maximum atomic E-state index is 12.2. The van der Waals surface area contributed by atoms with Crippen LogP contribution in [0.3, 0.4) is 0 Å². The van der Waals surface area contributed by atoms with Crippen LogP contribution < -0.4 is 15.5 Å². The molecule has 0 radical (unpaired) electrons. The summed E-state index contributed by atoms with van der Waals surface area (Å²) in [6.45, 7) is 5.69. The van der Waals surface area contributed by atoms with Crippen LogP contribution >= 0.6 is 0 Å². The number of para-hydroxylation sites is 1. The Kier molecular flexibility index (Phi) is 5.48. The molecule has 0 aliphatic carbocycles. The number of carbonyl (C=O) groups is 1. The number of morpholine rings is 1. The zero-order valence-electron chi connectivity index (χ0n) is 16.0. The first-order chi connectivity index (χ1) is 13.7. The Morgan fingerprint density at radius 2 is 1.86 bits per heavy atom. The third-order valence-corrected chi connectivity index (χ3v) is 5.02. The lowest BCUT2D eigenvalue weighted by atomic mass is 10.1. The molecule has 1 atom stereocenters. The monoisotopic (exact) mass is 379 g/mol. The van der Waals surface area contributed by atoms with Crippen LogP contribution in [0, 0.1) is 0 Å². The van der Waals surface area contributed by atoms with Crippen molar-refractivity contribution in [2.75, 3.05) is 31.2 Å². The minimum absolute atomic E-state index is 0.0885. The summed E-state index contributed by atoms with van der Waals surface area (Å²) in [6, 6.07) is 17.8. The van der Waals surface area contributed by atoms with E-state index in [9.17, 15) is 4.79 Å². The highest BCUT2D eigenvalue weighted by atomic mass is 16.5. The van der Waals surface area contributed by atoms with Gasteiger partial charge in [0.1, 0.15) is 11.3 Å². The van der Waals surface area contributed by atoms with Crippen molar-refractivity contribution in [3.63, 3.8) is 0 Å². The van der Waals surface area contributed by atoms with Crippen LogP contribution in [0.4, 0.5) is 10.5 Å². The van der Waals surface area contributed by atoms with Crippen molar-refractivity contribution in [3.8, 4) is 0 Å². The number of hydrogen-bond donors (Lipinski definition) is 2. The SMILES string of the molecule is CC(NC(=O)NCc1cc2ccccc2o1)c1ccc(N2CCOCC2)cc1. The summed E-state index contributed by atoms with van der Waals surface area (Å²) in [6.07, 6.45) is 0. The second-order valence-corrected chi connectivity index (χ2v) is 6.99. The molecule has 0 bridgehead atoms. The molecule has 1 unspecified atom stereocenters. The molecule has 2 N–H and O–H groups in total. The number of rotatable bonds is 5. The molecule has 1 fully saturated rings. The smallest absolute Gasteiger partial charge is 0.315 e. The fraction of sp³-hybridized carbons (Fsp3) is 0.318. The maximum absolute atomic E-state index is 12.2. The van der Waals surface area contributed by atoms with Crippen LogP contribution in [0.5, 0.6) is 0 Å². The first-order valence-corrected chi connectivity index (χ1v) is 9.63. The van der Waals surface area contributed by atoms with Gasteiger partial charge in [0.05, 0.1) is 25.8 Å². The lowest BCUT2D eigenvalue weighted by Crippen LogP contribution is -2.37. The Morgan fingerprint density at radius 3 is 2.61 bits per heavy atom. The number of nitrogens with zero attached hydrogens (tertiary/aromatic N) is 1. The van der Waals surface area contributed by atoms with Gasteiger partial charge in [0, 0.05) is 24.2 Å². The highest BCUT2D eigenvalue weighted by Gasteiger charge is 2.13. The fourth-order valence-electron chi connectivity index (χ4n) is 3.42. The minimum Gasteiger partial charge on any atom is -0.459 e. The van der Waals surface area contributed by atoms with Gasteiger partial charge in [-0.25, -0.2) is 4.79 Å². The summed E-state index contributed by atoms with van der Waals surface area (Å²) in [5.74, 6) is 0.735. The van der Waals surface area contributed by atoms with Crippen molar-refractivity contribution < 1.29 is 13.9 Å². The van der Waals surface area contributed by atoms with Crippen LogP contribution in [0.25, 0.3) is 11.0 Å². The normalized spacial score (nSPS) is 15.4. The minimum atomic E-state index is -0.217. The van der Waals surface area contributed by atoms with Crippen molar-refractivity contribution in [1.82, 2.24) is 10.6 Å². The molecule has 0 saturated carbocycles. The Bertz CT molecular complexity index is 897. The van der Waals surface area contributed by atoms with Gasteiger partial charge in [-0.3, -0.25) is 0 Å². The number of furan rings is 1. The summed E-state index contributed by atoms with van der Waals surface area (Å²) in [4.78, 5) is 14.6. The molecule has 2 amide bonds. The van der Waals surface area contributed by atoms with E-state index in [2.05, 4.69) is 39.8 Å². The van der Waals surface area contributed by atoms with Crippen molar-refractivity contribution in [2.24, 2.45) is 0 Å². The third kappa shape index (κ3) is 4.28. The maximum Gasteiger partial charge on any atom is 0.315 e. The first kappa shape index (κ1) is 18.4. The molecule has 1 aliphatic heterocycles. The quantitative estimate of drug-likeness (QED) is 0.707. The molecule has 3 aromatic rings. The fourth-order valence-corrected chi connectivity index (χ4v) is 3.42.